The van der Waals surface area contributed by atoms with Crippen LogP contribution in [-0.4, -0.2) is 0 Å². The number of rotatable bonds is 14. The van der Waals surface area contributed by atoms with Crippen LogP contribution in [-0.2, 0) is 0 Å². The molecular formula is C39H53F. The molecule has 1 saturated carbocycles. The van der Waals surface area contributed by atoms with E-state index in [1.54, 1.807) is 28.8 Å². The molecule has 2 aromatic rings. The van der Waals surface area contributed by atoms with Crippen molar-refractivity contribution in [3.63, 3.8) is 0 Å². The number of unbranched alkanes of at least 4 members (excludes halogenated alkanes) is 4. The highest BCUT2D eigenvalue weighted by atomic mass is 19.1. The first-order valence-electron chi connectivity index (χ1n) is 16.6. The largest absolute Gasteiger partial charge is 0.207 e. The number of allylic oxidation sites excluding steroid dienone is 2. The Bertz CT molecular complexity index is 1160. The molecule has 40 heavy (non-hydrogen) atoms. The maximum absolute atomic E-state index is 13.5. The van der Waals surface area contributed by atoms with E-state index in [0.717, 1.165) is 35.3 Å². The second-order valence-electron chi connectivity index (χ2n) is 13.8. The number of benzene rings is 2. The van der Waals surface area contributed by atoms with Gasteiger partial charge in [-0.3, -0.25) is 0 Å². The zero-order valence-corrected chi connectivity index (χ0v) is 25.5. The Morgan fingerprint density at radius 1 is 0.825 bits per heavy atom. The van der Waals surface area contributed by atoms with Gasteiger partial charge in [0.15, 0.2) is 0 Å². The van der Waals surface area contributed by atoms with Crippen molar-refractivity contribution in [1.29, 1.82) is 0 Å². The van der Waals surface area contributed by atoms with Gasteiger partial charge in [0.05, 0.1) is 0 Å². The Labute approximate surface area is 244 Å². The first-order valence-corrected chi connectivity index (χ1v) is 16.6. The topological polar surface area (TPSA) is 0 Å². The van der Waals surface area contributed by atoms with Crippen LogP contribution in [0.25, 0.3) is 5.57 Å². The molecule has 0 saturated heterocycles. The molecule has 0 aromatic heterocycles. The van der Waals surface area contributed by atoms with Gasteiger partial charge >= 0.3 is 0 Å². The lowest BCUT2D eigenvalue weighted by Crippen LogP contribution is -2.32. The van der Waals surface area contributed by atoms with Crippen molar-refractivity contribution in [1.82, 2.24) is 0 Å². The van der Waals surface area contributed by atoms with Crippen LogP contribution in [0.1, 0.15) is 157 Å². The SMILES string of the molecule is C=C(CCCCCCC)CCC1(CCCC(=C)c2ccc(F)cc2)CC[C@@H]2C3CCC(C)c4cccc(c43)[C@@H]2C1. The third-order valence-corrected chi connectivity index (χ3v) is 11.2. The van der Waals surface area contributed by atoms with Crippen LogP contribution >= 0.6 is 0 Å². The Balaban J connectivity index is 1.28. The van der Waals surface area contributed by atoms with E-state index in [2.05, 4.69) is 45.2 Å². The molecule has 5 rings (SSSR count). The molecule has 0 N–H and O–H groups in total. The number of hydrogen-bond donors (Lipinski definition) is 0. The van der Waals surface area contributed by atoms with Gasteiger partial charge in [0.2, 0.25) is 0 Å². The predicted octanol–water partition coefficient (Wildman–Crippen LogP) is 12.3. The van der Waals surface area contributed by atoms with E-state index >= 15 is 0 Å². The third-order valence-electron chi connectivity index (χ3n) is 11.2. The highest BCUT2D eigenvalue weighted by molar-refractivity contribution is 5.63. The molecule has 0 aliphatic heterocycles. The zero-order chi connectivity index (χ0) is 28.1. The summed E-state index contributed by atoms with van der Waals surface area (Å²) in [6.07, 6.45) is 20.7. The van der Waals surface area contributed by atoms with E-state index in [9.17, 15) is 4.39 Å². The van der Waals surface area contributed by atoms with Crippen LogP contribution in [0.4, 0.5) is 4.39 Å². The quantitative estimate of drug-likeness (QED) is 0.165. The van der Waals surface area contributed by atoms with Crippen molar-refractivity contribution in [2.75, 3.05) is 0 Å². The van der Waals surface area contributed by atoms with E-state index in [1.165, 1.54) is 102 Å². The van der Waals surface area contributed by atoms with Gasteiger partial charge in [-0.15, -0.1) is 0 Å². The van der Waals surface area contributed by atoms with Gasteiger partial charge in [0, 0.05) is 0 Å². The van der Waals surface area contributed by atoms with Crippen LogP contribution in [0.15, 0.2) is 61.2 Å². The van der Waals surface area contributed by atoms with Crippen molar-refractivity contribution < 1.29 is 4.39 Å². The standard InChI is InChI=1S/C39H53F/c1-5-6-7-8-9-12-28(2)22-25-39(24-11-13-29(3)31-17-19-32(40)20-18-31)26-23-34-36-21-16-30(4)33-14-10-15-35(38(33)36)37(34)27-39/h10,14-15,17-20,30,34,36-37H,2-3,5-9,11-13,16,21-27H2,1,4H3/t30?,34-,36?,37-,39?/m1/s1. The van der Waals surface area contributed by atoms with Gasteiger partial charge in [0.1, 0.15) is 5.82 Å². The van der Waals surface area contributed by atoms with Crippen LogP contribution in [0, 0.1) is 17.2 Å². The van der Waals surface area contributed by atoms with E-state index in [1.807, 2.05) is 12.1 Å². The molecule has 0 amide bonds. The minimum Gasteiger partial charge on any atom is -0.207 e. The molecule has 2 aromatic carbocycles. The normalized spacial score (nSPS) is 26.8. The molecule has 0 spiro atoms. The molecular weight excluding hydrogens is 487 g/mol. The molecule has 0 nitrogen and oxygen atoms in total. The Kier molecular flexibility index (Phi) is 9.70. The maximum Gasteiger partial charge on any atom is 0.123 e. The summed E-state index contributed by atoms with van der Waals surface area (Å²) in [5.74, 6) is 2.94. The first-order chi connectivity index (χ1) is 19.4. The lowest BCUT2D eigenvalue weighted by atomic mass is 9.60. The van der Waals surface area contributed by atoms with Crippen LogP contribution < -0.4 is 0 Å². The predicted molar refractivity (Wildman–Crippen MR) is 170 cm³/mol. The van der Waals surface area contributed by atoms with Crippen molar-refractivity contribution in [3.05, 3.63) is 89.3 Å². The fourth-order valence-corrected chi connectivity index (χ4v) is 8.79. The van der Waals surface area contributed by atoms with Gasteiger partial charge in [-0.05, 0) is 146 Å². The van der Waals surface area contributed by atoms with Crippen molar-refractivity contribution in [3.8, 4) is 0 Å². The van der Waals surface area contributed by atoms with Crippen molar-refractivity contribution >= 4 is 5.57 Å². The monoisotopic (exact) mass is 540 g/mol. The number of hydrogen-bond acceptors (Lipinski definition) is 0. The summed E-state index contributed by atoms with van der Waals surface area (Å²) in [6.45, 7) is 13.7. The highest BCUT2D eigenvalue weighted by Gasteiger charge is 2.50. The third kappa shape index (κ3) is 6.50. The summed E-state index contributed by atoms with van der Waals surface area (Å²) in [5, 5.41) is 0. The summed E-state index contributed by atoms with van der Waals surface area (Å²) in [6, 6.07) is 14.2. The lowest BCUT2D eigenvalue weighted by molar-refractivity contribution is 0.0960. The molecule has 0 radical (unpaired) electrons. The minimum absolute atomic E-state index is 0.172. The molecule has 3 aliphatic rings. The second-order valence-corrected chi connectivity index (χ2v) is 13.8. The zero-order valence-electron chi connectivity index (χ0n) is 25.5. The Hall–Kier alpha value is -2.15. The smallest absolute Gasteiger partial charge is 0.123 e. The molecule has 1 fully saturated rings. The van der Waals surface area contributed by atoms with Gasteiger partial charge < -0.3 is 0 Å². The minimum atomic E-state index is -0.172. The van der Waals surface area contributed by atoms with Crippen LogP contribution in [0.5, 0.6) is 0 Å². The summed E-state index contributed by atoms with van der Waals surface area (Å²) in [5.41, 5.74) is 9.27. The van der Waals surface area contributed by atoms with Crippen molar-refractivity contribution in [2.45, 2.75) is 134 Å². The van der Waals surface area contributed by atoms with Crippen LogP contribution in [0.2, 0.25) is 0 Å². The average molecular weight is 541 g/mol. The Morgan fingerprint density at radius 2 is 1.60 bits per heavy atom. The molecule has 5 atom stereocenters. The van der Waals surface area contributed by atoms with Gasteiger partial charge in [-0.25, -0.2) is 4.39 Å². The maximum atomic E-state index is 13.5. The van der Waals surface area contributed by atoms with E-state index in [0.29, 0.717) is 11.3 Å². The number of fused-ring (bicyclic) bond motifs is 3. The molecule has 1 heteroatoms. The van der Waals surface area contributed by atoms with E-state index < -0.39 is 0 Å². The van der Waals surface area contributed by atoms with Gasteiger partial charge in [0.25, 0.3) is 0 Å². The second kappa shape index (κ2) is 13.2. The highest BCUT2D eigenvalue weighted by Crippen LogP contribution is 2.63. The summed E-state index contributed by atoms with van der Waals surface area (Å²) < 4.78 is 13.5. The molecule has 216 valence electrons. The first kappa shape index (κ1) is 29.3. The summed E-state index contributed by atoms with van der Waals surface area (Å²) >= 11 is 0. The van der Waals surface area contributed by atoms with Gasteiger partial charge in [-0.1, -0.05) is 88.6 Å². The Morgan fingerprint density at radius 3 is 2.40 bits per heavy atom. The molecule has 0 bridgehead atoms. The fourth-order valence-electron chi connectivity index (χ4n) is 8.79. The molecule has 3 unspecified atom stereocenters. The van der Waals surface area contributed by atoms with Crippen molar-refractivity contribution in [2.24, 2.45) is 11.3 Å². The average Bonchev–Trinajstić information content (AvgIpc) is 3.28. The summed E-state index contributed by atoms with van der Waals surface area (Å²) in [7, 11) is 0. The number of halogens is 1. The summed E-state index contributed by atoms with van der Waals surface area (Å²) in [4.78, 5) is 0. The molecule has 3 aliphatic carbocycles. The van der Waals surface area contributed by atoms with Gasteiger partial charge in [-0.2, -0.15) is 0 Å². The van der Waals surface area contributed by atoms with E-state index in [-0.39, 0.29) is 5.82 Å². The molecule has 0 heterocycles. The van der Waals surface area contributed by atoms with Crippen LogP contribution in [0.3, 0.4) is 0 Å². The fraction of sp³-hybridized carbons (Fsp3) is 0.590. The lowest BCUT2D eigenvalue weighted by Gasteiger charge is -2.45. The van der Waals surface area contributed by atoms with E-state index in [4.69, 9.17) is 0 Å².